The second-order valence-corrected chi connectivity index (χ2v) is 4.24. The molecule has 78 valence electrons. The molecule has 3 atom stereocenters. The Morgan fingerprint density at radius 2 is 2.23 bits per heavy atom. The number of rotatable bonds is 4. The molecule has 0 aromatic carbocycles. The predicted molar refractivity (Wildman–Crippen MR) is 53.7 cm³/mol. The van der Waals surface area contributed by atoms with Crippen LogP contribution in [-0.4, -0.2) is 23.9 Å². The van der Waals surface area contributed by atoms with Crippen molar-refractivity contribution in [3.8, 4) is 0 Å². The molecule has 0 spiro atoms. The van der Waals surface area contributed by atoms with E-state index >= 15 is 0 Å². The first-order valence-corrected chi connectivity index (χ1v) is 5.52. The first-order valence-electron chi connectivity index (χ1n) is 5.52. The van der Waals surface area contributed by atoms with Crippen molar-refractivity contribution in [2.45, 2.75) is 58.2 Å². The highest BCUT2D eigenvalue weighted by molar-refractivity contribution is 4.71. The van der Waals surface area contributed by atoms with Crippen LogP contribution in [0.3, 0.4) is 0 Å². The molecule has 1 aliphatic rings. The van der Waals surface area contributed by atoms with Crippen LogP contribution in [0.4, 0.5) is 0 Å². The van der Waals surface area contributed by atoms with Gasteiger partial charge in [-0.05, 0) is 38.5 Å². The Bertz CT molecular complexity index is 136. The number of hydrogen-bond acceptors (Lipinski definition) is 2. The van der Waals surface area contributed by atoms with Gasteiger partial charge in [-0.25, -0.2) is 0 Å². The fourth-order valence-corrected chi connectivity index (χ4v) is 1.83. The Morgan fingerprint density at radius 1 is 1.46 bits per heavy atom. The average Bonchev–Trinajstić information content (AvgIpc) is 2.14. The Morgan fingerprint density at radius 3 is 2.85 bits per heavy atom. The number of aliphatic hydroxyl groups excluding tert-OH is 1. The summed E-state index contributed by atoms with van der Waals surface area (Å²) in [6.07, 6.45) is 5.70. The third-order valence-corrected chi connectivity index (χ3v) is 2.95. The fraction of sp³-hybridized carbons (Fsp3) is 1.00. The second kappa shape index (κ2) is 5.61. The Labute approximate surface area is 81.3 Å². The molecule has 1 fully saturated rings. The molecule has 13 heavy (non-hydrogen) atoms. The van der Waals surface area contributed by atoms with Gasteiger partial charge in [0.2, 0.25) is 0 Å². The van der Waals surface area contributed by atoms with Crippen LogP contribution in [0.15, 0.2) is 0 Å². The molecule has 1 aliphatic carbocycles. The topological polar surface area (TPSA) is 29.5 Å². The van der Waals surface area contributed by atoms with Crippen molar-refractivity contribution < 1.29 is 9.84 Å². The van der Waals surface area contributed by atoms with E-state index in [9.17, 15) is 5.11 Å². The fourth-order valence-electron chi connectivity index (χ4n) is 1.83. The summed E-state index contributed by atoms with van der Waals surface area (Å²) >= 11 is 0. The molecule has 1 N–H and O–H groups in total. The van der Waals surface area contributed by atoms with Gasteiger partial charge in [0.05, 0.1) is 12.2 Å². The molecule has 2 heteroatoms. The van der Waals surface area contributed by atoms with Crippen molar-refractivity contribution >= 4 is 0 Å². The second-order valence-electron chi connectivity index (χ2n) is 4.24. The average molecular weight is 186 g/mol. The van der Waals surface area contributed by atoms with E-state index < -0.39 is 0 Å². The van der Waals surface area contributed by atoms with Crippen LogP contribution in [0.2, 0.25) is 0 Å². The Kier molecular flexibility index (Phi) is 4.74. The van der Waals surface area contributed by atoms with Crippen molar-refractivity contribution in [1.82, 2.24) is 0 Å². The van der Waals surface area contributed by atoms with Crippen LogP contribution < -0.4 is 0 Å². The smallest absolute Gasteiger partial charge is 0.0544 e. The van der Waals surface area contributed by atoms with Crippen molar-refractivity contribution in [3.63, 3.8) is 0 Å². The summed E-state index contributed by atoms with van der Waals surface area (Å²) in [5, 5.41) is 9.45. The van der Waals surface area contributed by atoms with E-state index in [0.717, 1.165) is 32.3 Å². The highest BCUT2D eigenvalue weighted by Crippen LogP contribution is 2.24. The summed E-state index contributed by atoms with van der Waals surface area (Å²) < 4.78 is 5.67. The summed E-state index contributed by atoms with van der Waals surface area (Å²) in [7, 11) is 0. The van der Waals surface area contributed by atoms with Gasteiger partial charge in [-0.15, -0.1) is 0 Å². The quantitative estimate of drug-likeness (QED) is 0.730. The highest BCUT2D eigenvalue weighted by Gasteiger charge is 2.20. The molecule has 0 radical (unpaired) electrons. The van der Waals surface area contributed by atoms with Crippen LogP contribution in [0.25, 0.3) is 0 Å². The molecule has 0 aliphatic heterocycles. The highest BCUT2D eigenvalue weighted by atomic mass is 16.5. The zero-order chi connectivity index (χ0) is 9.68. The maximum absolute atomic E-state index is 9.45. The number of ether oxygens (including phenoxy) is 1. The molecule has 1 saturated carbocycles. The minimum atomic E-state index is -0.0701. The molecule has 0 amide bonds. The maximum Gasteiger partial charge on any atom is 0.0544 e. The van der Waals surface area contributed by atoms with Crippen LogP contribution in [0, 0.1) is 5.92 Å². The van der Waals surface area contributed by atoms with E-state index in [1.54, 1.807) is 0 Å². The summed E-state index contributed by atoms with van der Waals surface area (Å²) in [6.45, 7) is 5.09. The molecule has 0 aromatic rings. The van der Waals surface area contributed by atoms with Gasteiger partial charge in [0, 0.05) is 6.61 Å². The first kappa shape index (κ1) is 11.0. The monoisotopic (exact) mass is 186 g/mol. The van der Waals surface area contributed by atoms with Gasteiger partial charge in [0.25, 0.3) is 0 Å². The molecular formula is C11H22O2. The summed E-state index contributed by atoms with van der Waals surface area (Å²) in [4.78, 5) is 0. The van der Waals surface area contributed by atoms with Crippen molar-refractivity contribution in [2.24, 2.45) is 5.92 Å². The first-order chi connectivity index (χ1) is 6.22. The van der Waals surface area contributed by atoms with Crippen LogP contribution in [0.5, 0.6) is 0 Å². The zero-order valence-corrected chi connectivity index (χ0v) is 8.83. The molecule has 0 saturated heterocycles. The largest absolute Gasteiger partial charge is 0.393 e. The van der Waals surface area contributed by atoms with Gasteiger partial charge in [0.1, 0.15) is 0 Å². The van der Waals surface area contributed by atoms with Crippen molar-refractivity contribution in [1.29, 1.82) is 0 Å². The van der Waals surface area contributed by atoms with Crippen molar-refractivity contribution in [2.75, 3.05) is 6.61 Å². The molecule has 0 heterocycles. The Balaban J connectivity index is 2.13. The van der Waals surface area contributed by atoms with Gasteiger partial charge in [-0.2, -0.15) is 0 Å². The lowest BCUT2D eigenvalue weighted by atomic mass is 9.88. The lowest BCUT2D eigenvalue weighted by molar-refractivity contribution is 0.00692. The minimum absolute atomic E-state index is 0.0701. The van der Waals surface area contributed by atoms with E-state index in [4.69, 9.17) is 4.74 Å². The van der Waals surface area contributed by atoms with Crippen LogP contribution in [0.1, 0.15) is 46.0 Å². The van der Waals surface area contributed by atoms with E-state index in [2.05, 4.69) is 13.8 Å². The molecule has 1 rings (SSSR count). The van der Waals surface area contributed by atoms with E-state index in [1.165, 1.54) is 6.42 Å². The molecular weight excluding hydrogens is 164 g/mol. The number of hydrogen-bond donors (Lipinski definition) is 1. The van der Waals surface area contributed by atoms with Crippen molar-refractivity contribution in [3.05, 3.63) is 0 Å². The molecule has 0 aromatic heterocycles. The normalized spacial score (nSPS) is 31.6. The summed E-state index contributed by atoms with van der Waals surface area (Å²) in [5.74, 6) is 0.595. The lowest BCUT2D eigenvalue weighted by Gasteiger charge is -2.26. The molecule has 3 unspecified atom stereocenters. The molecule has 2 nitrogen and oxygen atoms in total. The SMILES string of the molecule is CCC(C)OCC1CCCC(O)C1. The van der Waals surface area contributed by atoms with E-state index in [1.807, 2.05) is 0 Å². The van der Waals surface area contributed by atoms with Crippen LogP contribution >= 0.6 is 0 Å². The Hall–Kier alpha value is -0.0800. The summed E-state index contributed by atoms with van der Waals surface area (Å²) in [5.41, 5.74) is 0. The third kappa shape index (κ3) is 4.10. The van der Waals surface area contributed by atoms with Gasteiger partial charge in [-0.3, -0.25) is 0 Å². The van der Waals surface area contributed by atoms with Gasteiger partial charge in [-0.1, -0.05) is 13.3 Å². The summed E-state index contributed by atoms with van der Waals surface area (Å²) in [6, 6.07) is 0. The van der Waals surface area contributed by atoms with E-state index in [-0.39, 0.29) is 6.10 Å². The minimum Gasteiger partial charge on any atom is -0.393 e. The predicted octanol–water partition coefficient (Wildman–Crippen LogP) is 2.35. The van der Waals surface area contributed by atoms with Gasteiger partial charge >= 0.3 is 0 Å². The van der Waals surface area contributed by atoms with Crippen LogP contribution in [-0.2, 0) is 4.74 Å². The van der Waals surface area contributed by atoms with Gasteiger partial charge in [0.15, 0.2) is 0 Å². The maximum atomic E-state index is 9.45. The third-order valence-electron chi connectivity index (χ3n) is 2.95. The molecule has 0 bridgehead atoms. The number of aliphatic hydroxyl groups is 1. The van der Waals surface area contributed by atoms with E-state index in [0.29, 0.717) is 12.0 Å². The zero-order valence-electron chi connectivity index (χ0n) is 8.83. The standard InChI is InChI=1S/C11H22O2/c1-3-9(2)13-8-10-5-4-6-11(12)7-10/h9-12H,3-8H2,1-2H3. The van der Waals surface area contributed by atoms with Gasteiger partial charge < -0.3 is 9.84 Å². The lowest BCUT2D eigenvalue weighted by Crippen LogP contribution is -2.24.